The molecular formula is C20H18N4O4S. The lowest BCUT2D eigenvalue weighted by Gasteiger charge is -2.11. The smallest absolute Gasteiger partial charge is 0.308 e. The monoisotopic (exact) mass is 410 g/mol. The predicted octanol–water partition coefficient (Wildman–Crippen LogP) is 3.53. The lowest BCUT2D eigenvalue weighted by atomic mass is 10.1. The number of aromatic nitrogens is 2. The average molecular weight is 410 g/mol. The van der Waals surface area contributed by atoms with E-state index in [9.17, 15) is 14.4 Å². The minimum Gasteiger partial charge on any atom is -0.427 e. The fraction of sp³-hybridized carbons (Fsp3) is 0.150. The van der Waals surface area contributed by atoms with Gasteiger partial charge >= 0.3 is 5.97 Å². The third-order valence-electron chi connectivity index (χ3n) is 3.79. The van der Waals surface area contributed by atoms with Crippen molar-refractivity contribution < 1.29 is 19.1 Å². The zero-order valence-corrected chi connectivity index (χ0v) is 16.6. The summed E-state index contributed by atoms with van der Waals surface area (Å²) in [5.41, 5.74) is 1.01. The van der Waals surface area contributed by atoms with Crippen molar-refractivity contribution in [2.45, 2.75) is 20.3 Å². The number of hydrogen-bond acceptors (Lipinski definition) is 7. The first-order valence-electron chi connectivity index (χ1n) is 8.79. The molecule has 3 rings (SSSR count). The molecule has 2 N–H and O–H groups in total. The number of rotatable bonds is 6. The first-order valence-corrected chi connectivity index (χ1v) is 9.60. The van der Waals surface area contributed by atoms with Crippen LogP contribution in [0, 0.1) is 0 Å². The predicted molar refractivity (Wildman–Crippen MR) is 109 cm³/mol. The largest absolute Gasteiger partial charge is 0.427 e. The number of nitrogens with zero attached hydrogens (tertiary/aromatic N) is 2. The standard InChI is InChI=1S/C20H18N4O4S/c1-3-17-23-24-20(29-17)22-19(27)15-6-4-5-7-16(15)21-18(26)13-8-10-14(11-9-13)28-12(2)25/h4-11H,3H2,1-2H3,(H,21,26)(H,22,24,27). The van der Waals surface area contributed by atoms with Crippen LogP contribution in [0.1, 0.15) is 39.6 Å². The maximum Gasteiger partial charge on any atom is 0.308 e. The van der Waals surface area contributed by atoms with Crippen LogP contribution >= 0.6 is 11.3 Å². The highest BCUT2D eigenvalue weighted by Gasteiger charge is 2.16. The molecule has 0 spiro atoms. The molecule has 8 nitrogen and oxygen atoms in total. The van der Waals surface area contributed by atoms with E-state index >= 15 is 0 Å². The van der Waals surface area contributed by atoms with E-state index in [1.807, 2.05) is 6.92 Å². The van der Waals surface area contributed by atoms with Gasteiger partial charge in [0.25, 0.3) is 11.8 Å². The molecule has 0 aliphatic carbocycles. The molecule has 1 aromatic heterocycles. The molecule has 29 heavy (non-hydrogen) atoms. The third kappa shape index (κ3) is 5.23. The first-order chi connectivity index (χ1) is 14.0. The summed E-state index contributed by atoms with van der Waals surface area (Å²) in [5, 5.41) is 14.5. The molecule has 3 aromatic rings. The van der Waals surface area contributed by atoms with Gasteiger partial charge in [-0.05, 0) is 42.8 Å². The summed E-state index contributed by atoms with van der Waals surface area (Å²) >= 11 is 1.30. The number of carbonyl (C=O) groups is 3. The van der Waals surface area contributed by atoms with E-state index in [1.54, 1.807) is 24.3 Å². The second-order valence-electron chi connectivity index (χ2n) is 5.93. The molecule has 0 atom stereocenters. The van der Waals surface area contributed by atoms with Crippen molar-refractivity contribution in [2.24, 2.45) is 0 Å². The maximum absolute atomic E-state index is 12.6. The van der Waals surface area contributed by atoms with Crippen LogP contribution < -0.4 is 15.4 Å². The number of esters is 1. The van der Waals surface area contributed by atoms with Crippen molar-refractivity contribution in [1.29, 1.82) is 0 Å². The normalized spacial score (nSPS) is 10.3. The summed E-state index contributed by atoms with van der Waals surface area (Å²) < 4.78 is 4.95. The highest BCUT2D eigenvalue weighted by Crippen LogP contribution is 2.21. The molecule has 0 unspecified atom stereocenters. The van der Waals surface area contributed by atoms with Crippen molar-refractivity contribution in [2.75, 3.05) is 10.6 Å². The number of amides is 2. The Bertz CT molecular complexity index is 1050. The van der Waals surface area contributed by atoms with Gasteiger partial charge in [-0.2, -0.15) is 0 Å². The van der Waals surface area contributed by atoms with Crippen LogP contribution in [0.5, 0.6) is 5.75 Å². The van der Waals surface area contributed by atoms with Gasteiger partial charge in [0.15, 0.2) is 0 Å². The number of nitrogens with one attached hydrogen (secondary N) is 2. The highest BCUT2D eigenvalue weighted by molar-refractivity contribution is 7.15. The Labute approximate surface area is 170 Å². The molecule has 9 heteroatoms. The second-order valence-corrected chi connectivity index (χ2v) is 6.99. The number of hydrogen-bond donors (Lipinski definition) is 2. The molecular weight excluding hydrogens is 392 g/mol. The Balaban J connectivity index is 1.73. The van der Waals surface area contributed by atoms with E-state index < -0.39 is 17.8 Å². The van der Waals surface area contributed by atoms with Gasteiger partial charge in [-0.1, -0.05) is 30.4 Å². The van der Waals surface area contributed by atoms with Gasteiger partial charge in [-0.15, -0.1) is 10.2 Å². The number of carbonyl (C=O) groups excluding carboxylic acids is 3. The Hall–Kier alpha value is -3.59. The van der Waals surface area contributed by atoms with Crippen molar-refractivity contribution >= 4 is 39.9 Å². The summed E-state index contributed by atoms with van der Waals surface area (Å²) in [6.45, 7) is 3.25. The zero-order chi connectivity index (χ0) is 20.8. The Morgan fingerprint density at radius 1 is 0.966 bits per heavy atom. The summed E-state index contributed by atoms with van der Waals surface area (Å²) in [5.74, 6) is -0.894. The van der Waals surface area contributed by atoms with Gasteiger partial charge in [0.2, 0.25) is 5.13 Å². The summed E-state index contributed by atoms with van der Waals surface area (Å²) in [6.07, 6.45) is 0.733. The number of anilines is 2. The van der Waals surface area contributed by atoms with Crippen LogP contribution in [0.2, 0.25) is 0 Å². The minimum absolute atomic E-state index is 0.297. The van der Waals surface area contributed by atoms with Crippen LogP contribution in [0.25, 0.3) is 0 Å². The van der Waals surface area contributed by atoms with Crippen LogP contribution in [0.4, 0.5) is 10.8 Å². The molecule has 0 aliphatic rings. The van der Waals surface area contributed by atoms with Crippen molar-refractivity contribution in [3.8, 4) is 5.75 Å². The van der Waals surface area contributed by atoms with Crippen molar-refractivity contribution in [3.05, 3.63) is 64.7 Å². The van der Waals surface area contributed by atoms with Crippen molar-refractivity contribution in [3.63, 3.8) is 0 Å². The van der Waals surface area contributed by atoms with Crippen LogP contribution in [0.15, 0.2) is 48.5 Å². The molecule has 0 saturated carbocycles. The van der Waals surface area contributed by atoms with Gasteiger partial charge in [-0.25, -0.2) is 0 Å². The Morgan fingerprint density at radius 2 is 1.69 bits per heavy atom. The fourth-order valence-corrected chi connectivity index (χ4v) is 3.11. The van der Waals surface area contributed by atoms with E-state index in [0.717, 1.165) is 11.4 Å². The highest BCUT2D eigenvalue weighted by atomic mass is 32.1. The Kier molecular flexibility index (Phi) is 6.30. The fourth-order valence-electron chi connectivity index (χ4n) is 2.44. The van der Waals surface area contributed by atoms with Gasteiger partial charge in [0.1, 0.15) is 10.8 Å². The molecule has 0 bridgehead atoms. The molecule has 0 saturated heterocycles. The zero-order valence-electron chi connectivity index (χ0n) is 15.8. The first kappa shape index (κ1) is 20.2. The van der Waals surface area contributed by atoms with Crippen LogP contribution in [0.3, 0.4) is 0 Å². The summed E-state index contributed by atoms with van der Waals surface area (Å²) in [4.78, 5) is 36.2. The number of para-hydroxylation sites is 1. The van der Waals surface area contributed by atoms with E-state index in [4.69, 9.17) is 4.74 Å². The number of benzene rings is 2. The van der Waals surface area contributed by atoms with Gasteiger partial charge in [0.05, 0.1) is 11.3 Å². The second kappa shape index (κ2) is 9.07. The molecule has 148 valence electrons. The Morgan fingerprint density at radius 3 is 2.34 bits per heavy atom. The summed E-state index contributed by atoms with van der Waals surface area (Å²) in [6, 6.07) is 12.8. The molecule has 2 aromatic carbocycles. The van der Waals surface area contributed by atoms with Crippen LogP contribution in [-0.4, -0.2) is 28.0 Å². The van der Waals surface area contributed by atoms with Crippen molar-refractivity contribution in [1.82, 2.24) is 10.2 Å². The SMILES string of the molecule is CCc1nnc(NC(=O)c2ccccc2NC(=O)c2ccc(OC(C)=O)cc2)s1. The van der Waals surface area contributed by atoms with E-state index in [-0.39, 0.29) is 0 Å². The lowest BCUT2D eigenvalue weighted by molar-refractivity contribution is -0.131. The maximum atomic E-state index is 12.6. The number of ether oxygens (including phenoxy) is 1. The van der Waals surface area contributed by atoms with Gasteiger partial charge in [-0.3, -0.25) is 19.7 Å². The third-order valence-corrected chi connectivity index (χ3v) is 4.77. The van der Waals surface area contributed by atoms with Crippen LogP contribution in [-0.2, 0) is 11.2 Å². The topological polar surface area (TPSA) is 110 Å². The average Bonchev–Trinajstić information content (AvgIpc) is 3.16. The lowest BCUT2D eigenvalue weighted by Crippen LogP contribution is -2.18. The van der Waals surface area contributed by atoms with E-state index in [1.165, 1.54) is 42.5 Å². The molecule has 0 fully saturated rings. The molecule has 0 aliphatic heterocycles. The van der Waals surface area contributed by atoms with Gasteiger partial charge < -0.3 is 10.1 Å². The number of aryl methyl sites for hydroxylation is 1. The molecule has 1 heterocycles. The van der Waals surface area contributed by atoms with E-state index in [2.05, 4.69) is 20.8 Å². The van der Waals surface area contributed by atoms with Gasteiger partial charge in [0, 0.05) is 12.5 Å². The molecule has 0 radical (unpaired) electrons. The quantitative estimate of drug-likeness (QED) is 0.475. The van der Waals surface area contributed by atoms with E-state index in [0.29, 0.717) is 27.7 Å². The minimum atomic E-state index is -0.441. The molecule has 2 amide bonds. The summed E-state index contributed by atoms with van der Waals surface area (Å²) in [7, 11) is 0.